The maximum absolute atomic E-state index is 11.7. The van der Waals surface area contributed by atoms with Gasteiger partial charge in [-0.1, -0.05) is 59.3 Å². The van der Waals surface area contributed by atoms with Crippen LogP contribution in [0.25, 0.3) is 5.69 Å². The van der Waals surface area contributed by atoms with E-state index in [1.54, 1.807) is 25.6 Å². The highest BCUT2D eigenvalue weighted by Gasteiger charge is 2.21. The lowest BCUT2D eigenvalue weighted by atomic mass is 9.92. The van der Waals surface area contributed by atoms with Crippen LogP contribution in [0.2, 0.25) is 0 Å². The van der Waals surface area contributed by atoms with E-state index in [0.717, 1.165) is 11.4 Å². The van der Waals surface area contributed by atoms with Crippen molar-refractivity contribution in [3.63, 3.8) is 0 Å². The number of methoxy groups -OCH3 is 1. The van der Waals surface area contributed by atoms with E-state index < -0.39 is 6.03 Å². The van der Waals surface area contributed by atoms with E-state index in [0.29, 0.717) is 18.0 Å². The summed E-state index contributed by atoms with van der Waals surface area (Å²) in [5.41, 5.74) is 7.90. The van der Waals surface area contributed by atoms with Crippen LogP contribution in [0.5, 0.6) is 5.75 Å². The van der Waals surface area contributed by atoms with Gasteiger partial charge in [0.15, 0.2) is 0 Å². The third kappa shape index (κ3) is 13.8. The van der Waals surface area contributed by atoms with E-state index in [-0.39, 0.29) is 11.2 Å². The number of nitrogens with one attached hydrogen (secondary N) is 1. The van der Waals surface area contributed by atoms with Crippen LogP contribution in [-0.4, -0.2) is 22.9 Å². The van der Waals surface area contributed by atoms with Crippen molar-refractivity contribution in [2.24, 2.45) is 5.73 Å². The number of nitrogens with zero attached hydrogens (tertiary/aromatic N) is 2. The topological polar surface area (TPSA) is 82.2 Å². The van der Waals surface area contributed by atoms with Crippen molar-refractivity contribution in [1.29, 1.82) is 0 Å². The summed E-state index contributed by atoms with van der Waals surface area (Å²) in [6, 6.07) is 8.63. The van der Waals surface area contributed by atoms with Crippen molar-refractivity contribution >= 4 is 11.8 Å². The summed E-state index contributed by atoms with van der Waals surface area (Å²) >= 11 is 0. The number of hydrogen-bond acceptors (Lipinski definition) is 3. The van der Waals surface area contributed by atoms with Crippen LogP contribution in [0.3, 0.4) is 0 Å². The van der Waals surface area contributed by atoms with Gasteiger partial charge in [0.05, 0.1) is 24.3 Å². The van der Waals surface area contributed by atoms with Crippen molar-refractivity contribution in [3.8, 4) is 11.4 Å². The molecule has 0 radical (unpaired) electrons. The maximum atomic E-state index is 11.7. The number of carbonyl (C=O) groups excluding carboxylic acids is 1. The number of allylic oxidation sites excluding steroid dienone is 3. The maximum Gasteiger partial charge on any atom is 0.317 e. The molecule has 0 spiro atoms. The Kier molecular flexibility index (Phi) is 16.1. The SMILES string of the molecule is C/C=C(/F)CC.C=C(C)C.CC.COc1cccc(-n2nc(C(C)(C)C)cc2NC(N)=O)c1. The first-order valence-electron chi connectivity index (χ1n) is 11.1. The molecule has 2 aromatic rings. The standard InChI is InChI=1S/C15H20N4O2.C5H9F.C4H8.C2H6/c1-15(2,3)12-9-13(17-14(16)20)19(18-12)10-6-5-7-11(8-10)21-4;1-3-5(6)4-2;1-4(2)3;1-2/h5-9H,1-4H3,(H3,16,17,20);3H,4H2,1-2H3;1H2,2-3H3;1-2H3/b;5-3+;;. The fraction of sp³-hybridized carbons (Fsp3) is 0.462. The molecule has 0 saturated heterocycles. The molecule has 186 valence electrons. The normalized spacial score (nSPS) is 10.3. The van der Waals surface area contributed by atoms with Gasteiger partial charge in [0.1, 0.15) is 11.6 Å². The van der Waals surface area contributed by atoms with Gasteiger partial charge in [-0.2, -0.15) is 5.10 Å². The van der Waals surface area contributed by atoms with E-state index in [2.05, 4.69) is 37.8 Å². The van der Waals surface area contributed by atoms with Gasteiger partial charge in [0.2, 0.25) is 0 Å². The molecule has 1 aromatic heterocycles. The van der Waals surface area contributed by atoms with Crippen LogP contribution in [0.1, 0.15) is 74.4 Å². The van der Waals surface area contributed by atoms with Crippen LogP contribution in [0.4, 0.5) is 15.0 Å². The number of aromatic nitrogens is 2. The average Bonchev–Trinajstić information content (AvgIpc) is 3.18. The zero-order valence-corrected chi connectivity index (χ0v) is 22.0. The number of primary amides is 1. The van der Waals surface area contributed by atoms with E-state index in [1.807, 2.05) is 58.0 Å². The van der Waals surface area contributed by atoms with Crippen molar-refractivity contribution in [2.45, 2.75) is 74.1 Å². The molecule has 3 N–H and O–H groups in total. The third-order valence-corrected chi connectivity index (χ3v) is 3.68. The number of halogens is 1. The first kappa shape index (κ1) is 32.1. The Balaban J connectivity index is 0. The van der Waals surface area contributed by atoms with Crippen LogP contribution in [-0.2, 0) is 5.41 Å². The predicted molar refractivity (Wildman–Crippen MR) is 139 cm³/mol. The predicted octanol–water partition coefficient (Wildman–Crippen LogP) is 7.55. The average molecular weight is 463 g/mol. The van der Waals surface area contributed by atoms with Gasteiger partial charge in [0.25, 0.3) is 0 Å². The molecule has 0 aliphatic rings. The highest BCUT2D eigenvalue weighted by atomic mass is 19.1. The number of nitrogens with two attached hydrogens (primary N) is 1. The summed E-state index contributed by atoms with van der Waals surface area (Å²) in [6.45, 7) is 21.1. The van der Waals surface area contributed by atoms with E-state index in [9.17, 15) is 9.18 Å². The van der Waals surface area contributed by atoms with Crippen LogP contribution < -0.4 is 15.8 Å². The summed E-state index contributed by atoms with van der Waals surface area (Å²) in [4.78, 5) is 11.2. The lowest BCUT2D eigenvalue weighted by Gasteiger charge is -2.14. The number of urea groups is 1. The molecule has 0 fully saturated rings. The molecule has 2 amide bonds. The second-order valence-corrected chi connectivity index (χ2v) is 8.06. The summed E-state index contributed by atoms with van der Waals surface area (Å²) in [5, 5.41) is 7.17. The van der Waals surface area contributed by atoms with Gasteiger partial charge < -0.3 is 10.5 Å². The minimum absolute atomic E-state index is 0.0324. The number of carbonyl (C=O) groups is 1. The number of amides is 2. The van der Waals surface area contributed by atoms with Crippen LogP contribution in [0, 0.1) is 0 Å². The molecular weight excluding hydrogens is 419 g/mol. The summed E-state index contributed by atoms with van der Waals surface area (Å²) in [7, 11) is 1.60. The fourth-order valence-electron chi connectivity index (χ4n) is 2.11. The smallest absolute Gasteiger partial charge is 0.317 e. The monoisotopic (exact) mass is 462 g/mol. The van der Waals surface area contributed by atoms with Crippen LogP contribution >= 0.6 is 0 Å². The number of hydrogen-bond donors (Lipinski definition) is 2. The first-order valence-corrected chi connectivity index (χ1v) is 11.1. The van der Waals surface area contributed by atoms with Gasteiger partial charge >= 0.3 is 6.03 Å². The zero-order valence-electron chi connectivity index (χ0n) is 22.0. The molecule has 7 heteroatoms. The summed E-state index contributed by atoms with van der Waals surface area (Å²) in [5.74, 6) is 1.21. The highest BCUT2D eigenvalue weighted by Crippen LogP contribution is 2.27. The lowest BCUT2D eigenvalue weighted by molar-refractivity contribution is 0.259. The zero-order chi connectivity index (χ0) is 26.2. The molecule has 6 nitrogen and oxygen atoms in total. The van der Waals surface area contributed by atoms with Gasteiger partial charge in [-0.25, -0.2) is 13.9 Å². The molecule has 1 aromatic carbocycles. The Labute approximate surface area is 199 Å². The van der Waals surface area contributed by atoms with Crippen molar-refractivity contribution in [2.75, 3.05) is 12.4 Å². The second-order valence-electron chi connectivity index (χ2n) is 8.06. The minimum Gasteiger partial charge on any atom is -0.497 e. The molecular formula is C26H43FN4O2. The van der Waals surface area contributed by atoms with E-state index in [1.165, 1.54) is 11.6 Å². The first-order chi connectivity index (χ1) is 15.3. The Morgan fingerprint density at radius 1 is 1.27 bits per heavy atom. The lowest BCUT2D eigenvalue weighted by Crippen LogP contribution is -2.21. The van der Waals surface area contributed by atoms with E-state index >= 15 is 0 Å². The molecule has 0 saturated carbocycles. The molecule has 0 atom stereocenters. The second kappa shape index (κ2) is 16.5. The van der Waals surface area contributed by atoms with Crippen molar-refractivity contribution < 1.29 is 13.9 Å². The summed E-state index contributed by atoms with van der Waals surface area (Å²) in [6.07, 6.45) is 2.00. The molecule has 0 aliphatic carbocycles. The van der Waals surface area contributed by atoms with E-state index in [4.69, 9.17) is 10.5 Å². The van der Waals surface area contributed by atoms with Gasteiger partial charge in [0, 0.05) is 17.5 Å². The minimum atomic E-state index is -0.625. The third-order valence-electron chi connectivity index (χ3n) is 3.68. The molecule has 0 bridgehead atoms. The Hall–Kier alpha value is -3.09. The quantitative estimate of drug-likeness (QED) is 0.460. The molecule has 1 heterocycles. The number of anilines is 1. The number of rotatable bonds is 4. The van der Waals surface area contributed by atoms with Gasteiger partial charge in [-0.15, -0.1) is 6.58 Å². The molecule has 2 rings (SSSR count). The van der Waals surface area contributed by atoms with Crippen molar-refractivity contribution in [1.82, 2.24) is 9.78 Å². The number of benzene rings is 1. The van der Waals surface area contributed by atoms with Gasteiger partial charge in [-0.05, 0) is 39.3 Å². The molecule has 33 heavy (non-hydrogen) atoms. The van der Waals surface area contributed by atoms with Crippen molar-refractivity contribution in [3.05, 3.63) is 60.1 Å². The fourth-order valence-corrected chi connectivity index (χ4v) is 2.11. The van der Waals surface area contributed by atoms with Crippen LogP contribution in [0.15, 0.2) is 54.4 Å². The Morgan fingerprint density at radius 3 is 2.18 bits per heavy atom. The van der Waals surface area contributed by atoms with Gasteiger partial charge in [-0.3, -0.25) is 5.32 Å². The number of ether oxygens (including phenoxy) is 1. The highest BCUT2D eigenvalue weighted by molar-refractivity contribution is 5.87. The summed E-state index contributed by atoms with van der Waals surface area (Å²) < 4.78 is 18.6. The molecule has 0 unspecified atom stereocenters. The Bertz CT molecular complexity index is 877. The molecule has 0 aliphatic heterocycles. The Morgan fingerprint density at radius 2 is 1.82 bits per heavy atom. The largest absolute Gasteiger partial charge is 0.497 e.